The average Bonchev–Trinajstić information content (AvgIpc) is 2.54. The quantitative estimate of drug-likeness (QED) is 0.479. The molecule has 138 valence electrons. The number of sulfonamides is 1. The van der Waals surface area contributed by atoms with Crippen molar-refractivity contribution in [3.05, 3.63) is 58.1 Å². The molecule has 0 fully saturated rings. The molecule has 1 heterocycles. The second-order valence-electron chi connectivity index (χ2n) is 6.76. The lowest BCUT2D eigenvalue weighted by molar-refractivity contribution is -0.387. The molecule has 2 aromatic rings. The minimum atomic E-state index is -4.13. The van der Waals surface area contributed by atoms with Crippen LogP contribution in [0.4, 0.5) is 11.4 Å². The van der Waals surface area contributed by atoms with Crippen LogP contribution < -0.4 is 15.2 Å². The van der Waals surface area contributed by atoms with E-state index in [1.54, 1.807) is 18.2 Å². The molecule has 0 amide bonds. The lowest BCUT2D eigenvalue weighted by atomic mass is 9.90. The van der Waals surface area contributed by atoms with Gasteiger partial charge >= 0.3 is 0 Å². The zero-order chi connectivity index (χ0) is 19.1. The summed E-state index contributed by atoms with van der Waals surface area (Å²) in [6.07, 6.45) is 0.351. The maximum absolute atomic E-state index is 12.8. The van der Waals surface area contributed by atoms with Crippen LogP contribution in [0.25, 0.3) is 0 Å². The number of hydrogen-bond donors (Lipinski definition) is 2. The third-order valence-corrected chi connectivity index (χ3v) is 5.66. The van der Waals surface area contributed by atoms with Crippen LogP contribution >= 0.6 is 0 Å². The lowest BCUT2D eigenvalue weighted by Crippen LogP contribution is -2.41. The van der Waals surface area contributed by atoms with Gasteiger partial charge in [-0.2, -0.15) is 0 Å². The van der Waals surface area contributed by atoms with Gasteiger partial charge in [-0.3, -0.25) is 10.1 Å². The third kappa shape index (κ3) is 3.49. The summed E-state index contributed by atoms with van der Waals surface area (Å²) in [5.41, 5.74) is 5.82. The smallest absolute Gasteiger partial charge is 0.289 e. The Morgan fingerprint density at radius 3 is 2.65 bits per heavy atom. The minimum absolute atomic E-state index is 0.351. The number of nitro benzene ring substituents is 1. The van der Waals surface area contributed by atoms with Gasteiger partial charge in [0.1, 0.15) is 11.4 Å². The maximum atomic E-state index is 12.8. The molecule has 1 aliphatic heterocycles. The van der Waals surface area contributed by atoms with E-state index in [2.05, 4.69) is 4.72 Å². The summed E-state index contributed by atoms with van der Waals surface area (Å²) in [6, 6.07) is 9.64. The fourth-order valence-corrected chi connectivity index (χ4v) is 4.45. The third-order valence-electron chi connectivity index (χ3n) is 4.14. The molecular weight excluding hydrogens is 358 g/mol. The van der Waals surface area contributed by atoms with E-state index in [1.807, 2.05) is 13.8 Å². The first-order chi connectivity index (χ1) is 12.1. The molecule has 26 heavy (non-hydrogen) atoms. The van der Waals surface area contributed by atoms with E-state index in [9.17, 15) is 18.5 Å². The van der Waals surface area contributed by atoms with Crippen molar-refractivity contribution in [3.8, 4) is 5.75 Å². The Morgan fingerprint density at radius 2 is 1.96 bits per heavy atom. The van der Waals surface area contributed by atoms with E-state index in [-0.39, 0.29) is 4.90 Å². The fourth-order valence-electron chi connectivity index (χ4n) is 3.06. The minimum Gasteiger partial charge on any atom is -0.487 e. The number of para-hydroxylation sites is 1. The number of nitrogens with zero attached hydrogens (tertiary/aromatic N) is 1. The number of nitrogen functional groups attached to an aromatic ring is 1. The van der Waals surface area contributed by atoms with E-state index in [0.29, 0.717) is 23.4 Å². The first-order valence-electron chi connectivity index (χ1n) is 7.93. The number of hydrogen-bond acceptors (Lipinski definition) is 6. The largest absolute Gasteiger partial charge is 0.487 e. The molecule has 8 nitrogen and oxygen atoms in total. The highest BCUT2D eigenvalue weighted by Crippen LogP contribution is 2.41. The number of nitro groups is 1. The maximum Gasteiger partial charge on any atom is 0.289 e. The highest BCUT2D eigenvalue weighted by atomic mass is 32.2. The Hall–Kier alpha value is -2.65. The summed E-state index contributed by atoms with van der Waals surface area (Å²) in [4.78, 5) is 10.1. The van der Waals surface area contributed by atoms with Gasteiger partial charge in [-0.1, -0.05) is 12.1 Å². The molecule has 0 aliphatic carbocycles. The fraction of sp³-hybridized carbons (Fsp3) is 0.294. The van der Waals surface area contributed by atoms with Crippen LogP contribution in [0.3, 0.4) is 0 Å². The topological polar surface area (TPSA) is 125 Å². The normalized spacial score (nSPS) is 18.6. The van der Waals surface area contributed by atoms with E-state index in [4.69, 9.17) is 10.5 Å². The van der Waals surface area contributed by atoms with Crippen molar-refractivity contribution in [1.82, 2.24) is 4.72 Å². The first kappa shape index (κ1) is 18.2. The molecule has 0 radical (unpaired) electrons. The SMILES string of the molecule is CC1(C)CC(NS(=O)(=O)c2ccccc2[N+](=O)[O-])c2cc(N)ccc2O1. The van der Waals surface area contributed by atoms with Gasteiger partial charge in [0.15, 0.2) is 4.90 Å². The van der Waals surface area contributed by atoms with Crippen LogP contribution in [0, 0.1) is 10.1 Å². The Balaban J connectivity index is 2.03. The summed E-state index contributed by atoms with van der Waals surface area (Å²) in [5.74, 6) is 0.533. The summed E-state index contributed by atoms with van der Waals surface area (Å²) in [7, 11) is -4.13. The predicted octanol–water partition coefficient (Wildman–Crippen LogP) is 2.76. The van der Waals surface area contributed by atoms with Crippen molar-refractivity contribution in [2.75, 3.05) is 5.73 Å². The molecule has 3 rings (SSSR count). The lowest BCUT2D eigenvalue weighted by Gasteiger charge is -2.37. The van der Waals surface area contributed by atoms with Gasteiger partial charge in [0.25, 0.3) is 5.69 Å². The van der Waals surface area contributed by atoms with Crippen molar-refractivity contribution in [3.63, 3.8) is 0 Å². The number of rotatable bonds is 4. The highest BCUT2D eigenvalue weighted by Gasteiger charge is 2.37. The molecule has 0 spiro atoms. The van der Waals surface area contributed by atoms with E-state index in [1.165, 1.54) is 18.2 Å². The highest BCUT2D eigenvalue weighted by molar-refractivity contribution is 7.89. The van der Waals surface area contributed by atoms with Gasteiger partial charge in [-0.05, 0) is 38.1 Å². The molecular formula is C17H19N3O5S. The van der Waals surface area contributed by atoms with Gasteiger partial charge in [-0.15, -0.1) is 0 Å². The molecule has 9 heteroatoms. The van der Waals surface area contributed by atoms with Crippen LogP contribution in [0.1, 0.15) is 31.9 Å². The van der Waals surface area contributed by atoms with Crippen LogP contribution in [0.5, 0.6) is 5.75 Å². The Labute approximate surface area is 151 Å². The second-order valence-corrected chi connectivity index (χ2v) is 8.44. The zero-order valence-corrected chi connectivity index (χ0v) is 15.1. The molecule has 1 atom stereocenters. The van der Waals surface area contributed by atoms with Crippen molar-refractivity contribution in [2.45, 2.75) is 36.8 Å². The van der Waals surface area contributed by atoms with Gasteiger partial charge < -0.3 is 10.5 Å². The zero-order valence-electron chi connectivity index (χ0n) is 14.3. The van der Waals surface area contributed by atoms with Gasteiger partial charge in [0.2, 0.25) is 10.0 Å². The van der Waals surface area contributed by atoms with Crippen LogP contribution in [0.2, 0.25) is 0 Å². The van der Waals surface area contributed by atoms with E-state index >= 15 is 0 Å². The number of nitrogens with one attached hydrogen (secondary N) is 1. The van der Waals surface area contributed by atoms with Crippen molar-refractivity contribution in [2.24, 2.45) is 0 Å². The molecule has 1 unspecified atom stereocenters. The number of anilines is 1. The average molecular weight is 377 g/mol. The summed E-state index contributed by atoms with van der Waals surface area (Å²) in [6.45, 7) is 3.69. The van der Waals surface area contributed by atoms with Crippen molar-refractivity contribution in [1.29, 1.82) is 0 Å². The first-order valence-corrected chi connectivity index (χ1v) is 9.41. The molecule has 3 N–H and O–H groups in total. The number of nitrogens with two attached hydrogens (primary N) is 1. The van der Waals surface area contributed by atoms with E-state index in [0.717, 1.165) is 6.07 Å². The van der Waals surface area contributed by atoms with Crippen molar-refractivity contribution >= 4 is 21.4 Å². The van der Waals surface area contributed by atoms with E-state index < -0.39 is 32.3 Å². The molecule has 0 saturated heterocycles. The van der Waals surface area contributed by atoms with Gasteiger partial charge in [-0.25, -0.2) is 13.1 Å². The number of fused-ring (bicyclic) bond motifs is 1. The van der Waals surface area contributed by atoms with Gasteiger partial charge in [0, 0.05) is 23.7 Å². The summed E-state index contributed by atoms with van der Waals surface area (Å²) in [5, 5.41) is 11.2. The van der Waals surface area contributed by atoms with Crippen LogP contribution in [0.15, 0.2) is 47.4 Å². The summed E-state index contributed by atoms with van der Waals surface area (Å²) >= 11 is 0. The second kappa shape index (κ2) is 6.26. The van der Waals surface area contributed by atoms with Gasteiger partial charge in [0.05, 0.1) is 11.0 Å². The van der Waals surface area contributed by atoms with Crippen LogP contribution in [-0.4, -0.2) is 18.9 Å². The Bertz CT molecular complexity index is 972. The van der Waals surface area contributed by atoms with Crippen molar-refractivity contribution < 1.29 is 18.1 Å². The molecule has 0 saturated carbocycles. The molecule has 1 aliphatic rings. The predicted molar refractivity (Wildman–Crippen MR) is 96.3 cm³/mol. The monoisotopic (exact) mass is 377 g/mol. The Kier molecular flexibility index (Phi) is 4.37. The standard InChI is InChI=1S/C17H19N3O5S/c1-17(2)10-13(12-9-11(18)7-8-15(12)25-17)19-26(23,24)16-6-4-3-5-14(16)20(21)22/h3-9,13,19H,10,18H2,1-2H3. The molecule has 2 aromatic carbocycles. The molecule has 0 bridgehead atoms. The number of benzene rings is 2. The Morgan fingerprint density at radius 1 is 1.27 bits per heavy atom. The van der Waals surface area contributed by atoms with Crippen LogP contribution in [-0.2, 0) is 10.0 Å². The molecule has 0 aromatic heterocycles. The number of ether oxygens (including phenoxy) is 1. The summed E-state index contributed by atoms with van der Waals surface area (Å²) < 4.78 is 34.2.